The maximum Gasteiger partial charge on any atom is 0.406 e. The van der Waals surface area contributed by atoms with Gasteiger partial charge in [0, 0.05) is 48.6 Å². The van der Waals surface area contributed by atoms with E-state index in [2.05, 4.69) is 70.7 Å². The van der Waals surface area contributed by atoms with E-state index in [9.17, 15) is 42.3 Å². The molecule has 23 nitrogen and oxygen atoms in total. The van der Waals surface area contributed by atoms with Crippen molar-refractivity contribution in [2.24, 2.45) is 16.5 Å². The number of hydrogen-bond acceptors (Lipinski definition) is 15. The average molecular weight is 1180 g/mol. The third-order valence-electron chi connectivity index (χ3n) is 12.9. The zero-order valence-electron chi connectivity index (χ0n) is 47.8. The van der Waals surface area contributed by atoms with Crippen molar-refractivity contribution in [1.29, 1.82) is 0 Å². The standard InChI is InChI=1S/C55H84F3N13O10S/c1-7-42(67-53(77)47(35-72)69-51(75)43(8-2)68-52(76)46(65-37(4)73)15-12-22-63-54(59)60)50(74)62-23-27-79-29-31-81-32-30-80-28-24-64-82(9-3)40-17-18-45(49(34-40)78-6)61-21-11-13-39-33-41-44(66-38-19-25-70(5)26-20-38)14-10-16-48(41)71(39)36-55(56,57)58/h9-10,14,16-18,33-34,38,42-43,46-47,61,64,66,72H,7-8,12,15,19-32,35-36H2,1-6H3,(H,62,74)(H,65,73)(H,67,77)(H,68,76)(H,69,75)(H4,59,60,63)/t42?,43?,46-,47-,82?/m0/s1. The molecule has 2 heterocycles. The quantitative estimate of drug-likeness (QED) is 0.0132. The van der Waals surface area contributed by atoms with Gasteiger partial charge in [0.05, 0.1) is 76.8 Å². The van der Waals surface area contributed by atoms with Gasteiger partial charge in [0.1, 0.15) is 36.5 Å². The monoisotopic (exact) mass is 1180 g/mol. The zero-order chi connectivity index (χ0) is 60.0. The van der Waals surface area contributed by atoms with Crippen molar-refractivity contribution in [2.75, 3.05) is 110 Å². The highest BCUT2D eigenvalue weighted by atomic mass is 32.2. The molecule has 0 aliphatic carbocycles. The van der Waals surface area contributed by atoms with E-state index >= 15 is 0 Å². The topological polar surface area (TPSA) is 311 Å². The first kappa shape index (κ1) is 67.8. The number of aliphatic imine (C=N–C) groups is 1. The highest BCUT2D eigenvalue weighted by molar-refractivity contribution is 8.13. The van der Waals surface area contributed by atoms with Crippen LogP contribution in [0.1, 0.15) is 71.9 Å². The van der Waals surface area contributed by atoms with Gasteiger partial charge in [-0.1, -0.05) is 36.5 Å². The maximum atomic E-state index is 13.8. The van der Waals surface area contributed by atoms with E-state index in [4.69, 9.17) is 30.4 Å². The first-order valence-electron chi connectivity index (χ1n) is 27.5. The van der Waals surface area contributed by atoms with Gasteiger partial charge < -0.3 is 82.2 Å². The summed E-state index contributed by atoms with van der Waals surface area (Å²) in [6.45, 7) is 9.37. The van der Waals surface area contributed by atoms with E-state index in [0.29, 0.717) is 55.1 Å². The van der Waals surface area contributed by atoms with Crippen molar-refractivity contribution in [1.82, 2.24) is 40.8 Å². The van der Waals surface area contributed by atoms with Crippen molar-refractivity contribution >= 4 is 73.8 Å². The van der Waals surface area contributed by atoms with Gasteiger partial charge in [-0.25, -0.2) is 0 Å². The van der Waals surface area contributed by atoms with Crippen LogP contribution in [0.4, 0.5) is 24.5 Å². The van der Waals surface area contributed by atoms with Crippen molar-refractivity contribution in [2.45, 2.75) is 114 Å². The molecular formula is C55H84F3N13O10S. The van der Waals surface area contributed by atoms with E-state index in [1.54, 1.807) is 39.2 Å². The molecule has 456 valence electrons. The number of guanidine groups is 1. The van der Waals surface area contributed by atoms with Gasteiger partial charge in [-0.05, 0) is 113 Å². The molecule has 4 rings (SSSR count). The number of fused-ring (bicyclic) bond motifs is 1. The molecule has 13 N–H and O–H groups in total. The van der Waals surface area contributed by atoms with E-state index < -0.39 is 83.7 Å². The number of ether oxygens (including phenoxy) is 4. The molecule has 82 heavy (non-hydrogen) atoms. The number of hydrogen-bond donors (Lipinski definition) is 11. The lowest BCUT2D eigenvalue weighted by atomic mass is 10.0. The minimum Gasteiger partial charge on any atom is -0.495 e. The van der Waals surface area contributed by atoms with Gasteiger partial charge in [-0.2, -0.15) is 13.2 Å². The lowest BCUT2D eigenvalue weighted by Gasteiger charge is -2.30. The lowest BCUT2D eigenvalue weighted by Crippen LogP contribution is -2.59. The zero-order valence-corrected chi connectivity index (χ0v) is 48.6. The Labute approximate surface area is 480 Å². The lowest BCUT2D eigenvalue weighted by molar-refractivity contribution is -0.140. The second-order valence-corrected chi connectivity index (χ2v) is 21.1. The average Bonchev–Trinajstić information content (AvgIpc) is 4.04. The molecular weight excluding hydrogens is 1090 g/mol. The van der Waals surface area contributed by atoms with E-state index in [0.717, 1.165) is 36.5 Å². The van der Waals surface area contributed by atoms with Crippen molar-refractivity contribution in [3.8, 4) is 17.6 Å². The molecule has 1 fully saturated rings. The van der Waals surface area contributed by atoms with Crippen LogP contribution in [-0.2, 0) is 44.7 Å². The summed E-state index contributed by atoms with van der Waals surface area (Å²) in [6, 6.07) is 8.62. The van der Waals surface area contributed by atoms with Gasteiger partial charge in [0.15, 0.2) is 5.96 Å². The van der Waals surface area contributed by atoms with Crippen LogP contribution in [0.25, 0.3) is 10.9 Å². The Morgan fingerprint density at radius 3 is 2.07 bits per heavy atom. The number of rotatable bonds is 35. The Balaban J connectivity index is 1.11. The van der Waals surface area contributed by atoms with Crippen LogP contribution in [-0.4, -0.2) is 191 Å². The van der Waals surface area contributed by atoms with E-state index in [1.165, 1.54) is 11.5 Å². The summed E-state index contributed by atoms with van der Waals surface area (Å²) in [5.41, 5.74) is 12.9. The molecule has 1 aliphatic rings. The van der Waals surface area contributed by atoms with Crippen molar-refractivity contribution in [3.05, 3.63) is 48.2 Å². The minimum atomic E-state index is -4.43. The largest absolute Gasteiger partial charge is 0.495 e. The van der Waals surface area contributed by atoms with Crippen LogP contribution in [0, 0.1) is 11.8 Å². The summed E-state index contributed by atoms with van der Waals surface area (Å²) in [4.78, 5) is 71.0. The number of aliphatic hydroxyl groups is 1. The SMILES string of the molecule is CC=S(NCCOCCOCCOCCNC(=O)C(CC)NC(=O)[C@H](CO)NC(=O)C(CC)NC(=O)[C@H](CCCN=C(N)N)NC(C)=O)c1ccc(NCC#Cc2cc3c(NC4CCN(C)CC4)cccc3n2CC(F)(F)F)c(OC)c1. The fraction of sp³-hybridized carbons (Fsp3) is 0.582. The number of halogens is 3. The second kappa shape index (κ2) is 36.0. The first-order valence-corrected chi connectivity index (χ1v) is 28.8. The summed E-state index contributed by atoms with van der Waals surface area (Å²) in [6.07, 6.45) is -1.67. The first-order chi connectivity index (χ1) is 39.3. The van der Waals surface area contributed by atoms with Crippen molar-refractivity contribution in [3.63, 3.8) is 0 Å². The van der Waals surface area contributed by atoms with Crippen molar-refractivity contribution < 1.29 is 61.2 Å². The predicted octanol–water partition coefficient (Wildman–Crippen LogP) is 2.13. The molecule has 0 saturated carbocycles. The molecule has 3 unspecified atom stereocenters. The maximum absolute atomic E-state index is 13.8. The summed E-state index contributed by atoms with van der Waals surface area (Å²) in [7, 11) is 3.21. The van der Waals surface area contributed by atoms with E-state index in [-0.39, 0.29) is 76.4 Å². The molecule has 5 atom stereocenters. The molecule has 27 heteroatoms. The number of aromatic nitrogens is 1. The number of nitrogens with one attached hydrogen (secondary N) is 8. The number of likely N-dealkylation sites (tertiary alicyclic amines) is 1. The Morgan fingerprint density at radius 1 is 0.841 bits per heavy atom. The van der Waals surface area contributed by atoms with Gasteiger partial charge in [-0.15, -0.1) is 0 Å². The smallest absolute Gasteiger partial charge is 0.406 e. The van der Waals surface area contributed by atoms with Gasteiger partial charge in [0.25, 0.3) is 0 Å². The number of nitrogens with zero attached hydrogens (tertiary/aromatic N) is 3. The summed E-state index contributed by atoms with van der Waals surface area (Å²) in [5, 5.41) is 32.3. The number of methoxy groups -OCH3 is 1. The van der Waals surface area contributed by atoms with Gasteiger partial charge >= 0.3 is 6.18 Å². The predicted molar refractivity (Wildman–Crippen MR) is 313 cm³/mol. The summed E-state index contributed by atoms with van der Waals surface area (Å²) < 4.78 is 68.8. The fourth-order valence-corrected chi connectivity index (χ4v) is 10.00. The van der Waals surface area contributed by atoms with Crippen LogP contribution in [0.15, 0.2) is 52.4 Å². The number of carbonyl (C=O) groups excluding carboxylic acids is 5. The normalized spacial score (nSPS) is 14.8. The number of piperidine rings is 1. The number of nitrogens with two attached hydrogens (primary N) is 2. The Kier molecular flexibility index (Phi) is 29.8. The van der Waals surface area contributed by atoms with Crippen LogP contribution in [0.2, 0.25) is 0 Å². The fourth-order valence-electron chi connectivity index (χ4n) is 8.64. The van der Waals surface area contributed by atoms with Crippen LogP contribution in [0.3, 0.4) is 0 Å². The number of benzene rings is 2. The highest BCUT2D eigenvalue weighted by Gasteiger charge is 2.32. The molecule has 3 aromatic rings. The molecule has 0 radical (unpaired) electrons. The second-order valence-electron chi connectivity index (χ2n) is 19.2. The molecule has 2 aromatic carbocycles. The van der Waals surface area contributed by atoms with Crippen LogP contribution in [0.5, 0.6) is 5.75 Å². The van der Waals surface area contributed by atoms with Crippen LogP contribution < -0.4 is 58.1 Å². The molecule has 1 aliphatic heterocycles. The number of carbonyl (C=O) groups is 5. The van der Waals surface area contributed by atoms with Gasteiger partial charge in [-0.3, -0.25) is 33.7 Å². The number of amides is 5. The van der Waals surface area contributed by atoms with Gasteiger partial charge in [0.2, 0.25) is 29.5 Å². The molecule has 5 amide bonds. The Morgan fingerprint density at radius 2 is 1.46 bits per heavy atom. The molecule has 0 bridgehead atoms. The third kappa shape index (κ3) is 23.7. The number of anilines is 2. The summed E-state index contributed by atoms with van der Waals surface area (Å²) in [5.74, 6) is 3.31. The number of alkyl halides is 3. The number of aliphatic hydroxyl groups excluding tert-OH is 1. The van der Waals surface area contributed by atoms with Crippen LogP contribution >= 0.6 is 10.7 Å². The highest BCUT2D eigenvalue weighted by Crippen LogP contribution is 2.33. The molecule has 0 spiro atoms. The molecule has 1 saturated heterocycles. The summed E-state index contributed by atoms with van der Waals surface area (Å²) >= 11 is 0. The van der Waals surface area contributed by atoms with E-state index in [1.807, 2.05) is 36.6 Å². The molecule has 1 aromatic heterocycles. The third-order valence-corrected chi connectivity index (χ3v) is 14.7. The Bertz CT molecular complexity index is 2650. The minimum absolute atomic E-state index is 0.115. The Hall–Kier alpha value is -6.67.